The Morgan fingerprint density at radius 3 is 2.79 bits per heavy atom. The number of amides is 1. The number of carbonyl (C=O) groups excluding carboxylic acids is 1. The third-order valence-corrected chi connectivity index (χ3v) is 2.94. The van der Waals surface area contributed by atoms with Crippen molar-refractivity contribution in [1.82, 2.24) is 15.5 Å². The van der Waals surface area contributed by atoms with Crippen LogP contribution in [0, 0.1) is 13.8 Å². The number of aromatic nitrogens is 2. The van der Waals surface area contributed by atoms with Gasteiger partial charge in [-0.05, 0) is 20.8 Å². The van der Waals surface area contributed by atoms with Crippen molar-refractivity contribution in [1.29, 1.82) is 0 Å². The number of hydrogen-bond acceptors (Lipinski definition) is 4. The van der Waals surface area contributed by atoms with Crippen molar-refractivity contribution in [2.75, 3.05) is 0 Å². The number of H-pyrrole nitrogens is 1. The van der Waals surface area contributed by atoms with Crippen LogP contribution in [-0.4, -0.2) is 16.0 Å². The Labute approximate surface area is 109 Å². The van der Waals surface area contributed by atoms with Gasteiger partial charge in [0, 0.05) is 24.0 Å². The van der Waals surface area contributed by atoms with Crippen molar-refractivity contribution in [3.63, 3.8) is 0 Å². The molecule has 0 spiro atoms. The molecule has 2 N–H and O–H groups in total. The van der Waals surface area contributed by atoms with E-state index in [1.807, 2.05) is 13.8 Å². The fourth-order valence-corrected chi connectivity index (χ4v) is 2.05. The number of nitrogens with zero attached hydrogens (tertiary/aromatic N) is 1. The molecule has 100 valence electrons. The summed E-state index contributed by atoms with van der Waals surface area (Å²) in [5.74, 6) is 0.238. The van der Waals surface area contributed by atoms with Crippen LogP contribution in [-0.2, 0) is 0 Å². The molecule has 1 atom stereocenters. The maximum Gasteiger partial charge on any atom is 0.257 e. The van der Waals surface area contributed by atoms with Crippen LogP contribution in [0.5, 0.6) is 0 Å². The van der Waals surface area contributed by atoms with E-state index < -0.39 is 5.91 Å². The van der Waals surface area contributed by atoms with Crippen LogP contribution in [0.1, 0.15) is 40.3 Å². The van der Waals surface area contributed by atoms with E-state index in [0.717, 1.165) is 11.3 Å². The SMILES string of the molecule is Cc1noc(C)c1C(C)NC(=O)c1c[nH]ccc1=O. The Morgan fingerprint density at radius 2 is 2.21 bits per heavy atom. The van der Waals surface area contributed by atoms with Gasteiger partial charge in [-0.1, -0.05) is 5.16 Å². The van der Waals surface area contributed by atoms with Gasteiger partial charge in [-0.3, -0.25) is 9.59 Å². The number of aryl methyl sites for hydroxylation is 2. The Kier molecular flexibility index (Phi) is 3.50. The highest BCUT2D eigenvalue weighted by Gasteiger charge is 2.19. The molecule has 0 saturated heterocycles. The second-order valence-electron chi connectivity index (χ2n) is 4.36. The lowest BCUT2D eigenvalue weighted by Crippen LogP contribution is -2.31. The lowest BCUT2D eigenvalue weighted by molar-refractivity contribution is 0.0938. The molecule has 1 unspecified atom stereocenters. The Morgan fingerprint density at radius 1 is 1.47 bits per heavy atom. The fraction of sp³-hybridized carbons (Fsp3) is 0.308. The lowest BCUT2D eigenvalue weighted by Gasteiger charge is -2.13. The van der Waals surface area contributed by atoms with Gasteiger partial charge in [-0.25, -0.2) is 0 Å². The second-order valence-corrected chi connectivity index (χ2v) is 4.36. The van der Waals surface area contributed by atoms with E-state index in [9.17, 15) is 9.59 Å². The van der Waals surface area contributed by atoms with E-state index in [0.29, 0.717) is 5.76 Å². The van der Waals surface area contributed by atoms with E-state index in [4.69, 9.17) is 4.52 Å². The second kappa shape index (κ2) is 5.09. The van der Waals surface area contributed by atoms with Gasteiger partial charge in [-0.2, -0.15) is 0 Å². The fourth-order valence-electron chi connectivity index (χ4n) is 2.05. The predicted molar refractivity (Wildman–Crippen MR) is 68.9 cm³/mol. The summed E-state index contributed by atoms with van der Waals surface area (Å²) in [4.78, 5) is 26.3. The first-order valence-electron chi connectivity index (χ1n) is 5.91. The Hall–Kier alpha value is -2.37. The molecule has 2 aromatic heterocycles. The van der Waals surface area contributed by atoms with E-state index in [-0.39, 0.29) is 17.0 Å². The largest absolute Gasteiger partial charge is 0.367 e. The molecule has 2 aromatic rings. The first-order valence-corrected chi connectivity index (χ1v) is 5.91. The molecular formula is C13H15N3O3. The minimum absolute atomic E-state index is 0.0844. The van der Waals surface area contributed by atoms with Crippen molar-refractivity contribution in [2.45, 2.75) is 26.8 Å². The lowest BCUT2D eigenvalue weighted by atomic mass is 10.1. The van der Waals surface area contributed by atoms with Gasteiger partial charge in [0.15, 0.2) is 5.43 Å². The molecule has 0 aliphatic rings. The van der Waals surface area contributed by atoms with Gasteiger partial charge >= 0.3 is 0 Å². The standard InChI is InChI=1S/C13H15N3O3/c1-7(12-8(2)16-19-9(12)3)15-13(18)10-6-14-5-4-11(10)17/h4-7H,1-3H3,(H,14,17)(H,15,18). The molecule has 2 heterocycles. The third kappa shape index (κ3) is 2.57. The molecule has 6 heteroatoms. The maximum atomic E-state index is 12.0. The molecule has 0 saturated carbocycles. The van der Waals surface area contributed by atoms with Crippen LogP contribution in [0.2, 0.25) is 0 Å². The number of pyridine rings is 1. The average molecular weight is 261 g/mol. The number of carbonyl (C=O) groups is 1. The van der Waals surface area contributed by atoms with Crippen LogP contribution >= 0.6 is 0 Å². The molecule has 0 aromatic carbocycles. The zero-order valence-corrected chi connectivity index (χ0v) is 11.0. The summed E-state index contributed by atoms with van der Waals surface area (Å²) in [5.41, 5.74) is 1.33. The van der Waals surface area contributed by atoms with Gasteiger partial charge < -0.3 is 14.8 Å². The zero-order chi connectivity index (χ0) is 14.0. The Balaban J connectivity index is 2.21. The first kappa shape index (κ1) is 13.1. The number of hydrogen-bond donors (Lipinski definition) is 2. The number of rotatable bonds is 3. The molecule has 19 heavy (non-hydrogen) atoms. The predicted octanol–water partition coefficient (Wildman–Crippen LogP) is 1.47. The molecule has 1 amide bonds. The topological polar surface area (TPSA) is 88.0 Å². The monoisotopic (exact) mass is 261 g/mol. The highest BCUT2D eigenvalue weighted by molar-refractivity contribution is 5.94. The number of aromatic amines is 1. The van der Waals surface area contributed by atoms with Crippen molar-refractivity contribution < 1.29 is 9.32 Å². The van der Waals surface area contributed by atoms with E-state index in [1.54, 1.807) is 6.92 Å². The van der Waals surface area contributed by atoms with Crippen LogP contribution in [0.25, 0.3) is 0 Å². The zero-order valence-electron chi connectivity index (χ0n) is 11.0. The van der Waals surface area contributed by atoms with E-state index >= 15 is 0 Å². The maximum absolute atomic E-state index is 12.0. The smallest absolute Gasteiger partial charge is 0.257 e. The van der Waals surface area contributed by atoms with Gasteiger partial charge in [0.05, 0.1) is 11.7 Å². The number of nitrogens with one attached hydrogen (secondary N) is 2. The quantitative estimate of drug-likeness (QED) is 0.875. The van der Waals surface area contributed by atoms with Crippen molar-refractivity contribution >= 4 is 5.91 Å². The van der Waals surface area contributed by atoms with Crippen LogP contribution in [0.15, 0.2) is 27.8 Å². The molecule has 6 nitrogen and oxygen atoms in total. The van der Waals surface area contributed by atoms with Crippen molar-refractivity contribution in [3.8, 4) is 0 Å². The van der Waals surface area contributed by atoms with Crippen LogP contribution < -0.4 is 10.7 Å². The molecule has 0 aliphatic carbocycles. The first-order chi connectivity index (χ1) is 9.00. The third-order valence-electron chi connectivity index (χ3n) is 2.94. The Bertz CT molecular complexity index is 638. The van der Waals surface area contributed by atoms with Gasteiger partial charge in [-0.15, -0.1) is 0 Å². The van der Waals surface area contributed by atoms with E-state index in [2.05, 4.69) is 15.5 Å². The summed E-state index contributed by atoms with van der Waals surface area (Å²) in [6.45, 7) is 5.42. The summed E-state index contributed by atoms with van der Waals surface area (Å²) in [6, 6.07) is 1.04. The van der Waals surface area contributed by atoms with Crippen molar-refractivity contribution in [2.24, 2.45) is 0 Å². The van der Waals surface area contributed by atoms with Gasteiger partial charge in [0.1, 0.15) is 11.3 Å². The van der Waals surface area contributed by atoms with Crippen LogP contribution in [0.4, 0.5) is 0 Å². The minimum Gasteiger partial charge on any atom is -0.367 e. The van der Waals surface area contributed by atoms with Gasteiger partial charge in [0.2, 0.25) is 0 Å². The highest BCUT2D eigenvalue weighted by Crippen LogP contribution is 2.20. The summed E-state index contributed by atoms with van der Waals surface area (Å²) in [5, 5.41) is 6.60. The minimum atomic E-state index is -0.422. The summed E-state index contributed by atoms with van der Waals surface area (Å²) < 4.78 is 5.06. The van der Waals surface area contributed by atoms with E-state index in [1.165, 1.54) is 18.5 Å². The summed E-state index contributed by atoms with van der Waals surface area (Å²) in [7, 11) is 0. The molecule has 0 radical (unpaired) electrons. The average Bonchev–Trinajstić information content (AvgIpc) is 2.69. The molecule has 0 aliphatic heterocycles. The molecule has 2 rings (SSSR count). The summed E-state index contributed by atoms with van der Waals surface area (Å²) >= 11 is 0. The highest BCUT2D eigenvalue weighted by atomic mass is 16.5. The molecular weight excluding hydrogens is 246 g/mol. The van der Waals surface area contributed by atoms with Crippen molar-refractivity contribution in [3.05, 3.63) is 51.3 Å². The molecule has 0 fully saturated rings. The normalized spacial score (nSPS) is 12.2. The van der Waals surface area contributed by atoms with Crippen LogP contribution in [0.3, 0.4) is 0 Å². The van der Waals surface area contributed by atoms with Gasteiger partial charge in [0.25, 0.3) is 5.91 Å². The molecule has 0 bridgehead atoms. The summed E-state index contributed by atoms with van der Waals surface area (Å²) in [6.07, 6.45) is 2.87.